The Morgan fingerprint density at radius 3 is 2.67 bits per heavy atom. The molecule has 148 valence electrons. The fraction of sp³-hybridized carbons (Fsp3) is 0.579. The van der Waals surface area contributed by atoms with Crippen LogP contribution in [0.3, 0.4) is 0 Å². The van der Waals surface area contributed by atoms with Crippen LogP contribution in [0.2, 0.25) is 0 Å². The highest BCUT2D eigenvalue weighted by molar-refractivity contribution is 8.00. The highest BCUT2D eigenvalue weighted by Gasteiger charge is 2.28. The molecule has 1 saturated carbocycles. The second-order valence-electron chi connectivity index (χ2n) is 7.31. The molecule has 1 aliphatic heterocycles. The molecule has 0 aromatic heterocycles. The van der Waals surface area contributed by atoms with Gasteiger partial charge in [0.1, 0.15) is 0 Å². The lowest BCUT2D eigenvalue weighted by Crippen LogP contribution is -2.37. The number of sulfone groups is 1. The predicted octanol–water partition coefficient (Wildman–Crippen LogP) is 3.12. The molecule has 1 atom stereocenters. The van der Waals surface area contributed by atoms with Crippen LogP contribution in [0, 0.1) is 0 Å². The number of anilines is 1. The Kier molecular flexibility index (Phi) is 6.47. The number of nitrogens with one attached hydrogen (secondary N) is 2. The first-order valence-electron chi connectivity index (χ1n) is 9.46. The Bertz CT molecular complexity index is 815. The van der Waals surface area contributed by atoms with Crippen LogP contribution < -0.4 is 10.6 Å². The average Bonchev–Trinajstić information content (AvgIpc) is 2.89. The summed E-state index contributed by atoms with van der Waals surface area (Å²) in [4.78, 5) is 24.9. The Labute approximate surface area is 164 Å². The largest absolute Gasteiger partial charge is 0.353 e. The minimum absolute atomic E-state index is 0.0585. The lowest BCUT2D eigenvalue weighted by Gasteiger charge is -2.20. The fourth-order valence-corrected chi connectivity index (χ4v) is 5.72. The zero-order valence-electron chi connectivity index (χ0n) is 15.5. The summed E-state index contributed by atoms with van der Waals surface area (Å²) in [5, 5.41) is 4.89. The van der Waals surface area contributed by atoms with Gasteiger partial charge in [-0.3, -0.25) is 9.59 Å². The topological polar surface area (TPSA) is 92.3 Å². The van der Waals surface area contributed by atoms with Crippen molar-refractivity contribution < 1.29 is 18.0 Å². The molecule has 27 heavy (non-hydrogen) atoms. The van der Waals surface area contributed by atoms with Crippen molar-refractivity contribution in [3.63, 3.8) is 0 Å². The molecule has 1 aliphatic carbocycles. The van der Waals surface area contributed by atoms with Crippen LogP contribution in [-0.4, -0.2) is 37.3 Å². The van der Waals surface area contributed by atoms with Crippen molar-refractivity contribution in [3.8, 4) is 0 Å². The van der Waals surface area contributed by atoms with Gasteiger partial charge in [0.2, 0.25) is 11.8 Å². The molecule has 1 aromatic rings. The molecule has 0 radical (unpaired) electrons. The van der Waals surface area contributed by atoms with Gasteiger partial charge in [-0.1, -0.05) is 25.7 Å². The smallest absolute Gasteiger partial charge is 0.234 e. The summed E-state index contributed by atoms with van der Waals surface area (Å²) < 4.78 is 25.8. The van der Waals surface area contributed by atoms with Crippen molar-refractivity contribution in [2.24, 2.45) is 0 Å². The molecule has 2 N–H and O–H groups in total. The van der Waals surface area contributed by atoms with Crippen molar-refractivity contribution in [1.29, 1.82) is 0 Å². The number of carbonyl (C=O) groups excluding carboxylic acids is 2. The van der Waals surface area contributed by atoms with Crippen LogP contribution in [0.1, 0.15) is 51.9 Å². The number of benzene rings is 1. The minimum atomic E-state index is -3.65. The molecule has 1 heterocycles. The van der Waals surface area contributed by atoms with E-state index in [1.54, 1.807) is 19.1 Å². The third-order valence-corrected chi connectivity index (χ3v) is 8.35. The van der Waals surface area contributed by atoms with E-state index in [1.807, 2.05) is 0 Å². The number of amides is 2. The lowest BCUT2D eigenvalue weighted by atomic mass is 10.1. The maximum atomic E-state index is 12.9. The highest BCUT2D eigenvalue weighted by Crippen LogP contribution is 2.34. The average molecular weight is 411 g/mol. The molecule has 1 aromatic carbocycles. The highest BCUT2D eigenvalue weighted by atomic mass is 32.2. The summed E-state index contributed by atoms with van der Waals surface area (Å²) in [7, 11) is -3.65. The van der Waals surface area contributed by atoms with E-state index < -0.39 is 15.1 Å². The first kappa shape index (κ1) is 20.2. The Balaban J connectivity index is 1.66. The molecule has 8 heteroatoms. The monoisotopic (exact) mass is 410 g/mol. The van der Waals surface area contributed by atoms with Gasteiger partial charge in [0.25, 0.3) is 0 Å². The van der Waals surface area contributed by atoms with Crippen molar-refractivity contribution in [2.75, 3.05) is 11.1 Å². The molecule has 0 bridgehead atoms. The van der Waals surface area contributed by atoms with Gasteiger partial charge in [0.05, 0.1) is 21.6 Å². The van der Waals surface area contributed by atoms with Crippen LogP contribution in [0.5, 0.6) is 0 Å². The Hall–Kier alpha value is -1.54. The molecule has 0 spiro atoms. The van der Waals surface area contributed by atoms with Gasteiger partial charge in [-0.15, -0.1) is 11.8 Å². The van der Waals surface area contributed by atoms with Crippen molar-refractivity contribution >= 4 is 39.1 Å². The number of hydrogen-bond acceptors (Lipinski definition) is 5. The number of fused-ring (bicyclic) bond motifs is 1. The number of thioether (sulfide) groups is 1. The minimum Gasteiger partial charge on any atom is -0.353 e. The van der Waals surface area contributed by atoms with Crippen molar-refractivity contribution in [1.82, 2.24) is 5.32 Å². The molecule has 0 unspecified atom stereocenters. The number of carbonyl (C=O) groups is 2. The zero-order chi connectivity index (χ0) is 19.4. The van der Waals surface area contributed by atoms with E-state index in [1.165, 1.54) is 30.7 Å². The van der Waals surface area contributed by atoms with Crippen molar-refractivity contribution in [3.05, 3.63) is 18.2 Å². The summed E-state index contributed by atoms with van der Waals surface area (Å²) in [6, 6.07) is 4.92. The summed E-state index contributed by atoms with van der Waals surface area (Å²) in [6.07, 6.45) is 6.49. The summed E-state index contributed by atoms with van der Waals surface area (Å²) in [5.74, 6) is -0.0192. The quantitative estimate of drug-likeness (QED) is 0.728. The predicted molar refractivity (Wildman–Crippen MR) is 107 cm³/mol. The second kappa shape index (κ2) is 8.65. The molecule has 2 aliphatic rings. The van der Waals surface area contributed by atoms with Gasteiger partial charge in [0.15, 0.2) is 9.84 Å². The van der Waals surface area contributed by atoms with Gasteiger partial charge in [-0.25, -0.2) is 8.42 Å². The number of rotatable bonds is 5. The maximum absolute atomic E-state index is 12.9. The van der Waals surface area contributed by atoms with E-state index in [9.17, 15) is 18.0 Å². The third-order valence-electron chi connectivity index (χ3n) is 5.14. The van der Waals surface area contributed by atoms with E-state index in [2.05, 4.69) is 10.6 Å². The molecule has 3 rings (SSSR count). The molecule has 0 saturated heterocycles. The van der Waals surface area contributed by atoms with Crippen LogP contribution in [0.4, 0.5) is 5.69 Å². The van der Waals surface area contributed by atoms with Crippen LogP contribution in [-0.2, 0) is 19.4 Å². The van der Waals surface area contributed by atoms with Gasteiger partial charge in [-0.05, 0) is 38.0 Å². The SMILES string of the molecule is C[C@H](CC(=O)NC1CCCCCC1)S(=O)(=O)c1ccc2c(c1)NC(=O)CS2. The van der Waals surface area contributed by atoms with Gasteiger partial charge >= 0.3 is 0 Å². The number of hydrogen-bond donors (Lipinski definition) is 2. The standard InChI is InChI=1S/C19H26N2O4S2/c1-13(10-18(22)20-14-6-4-2-3-5-7-14)27(24,25)15-8-9-17-16(11-15)21-19(23)12-26-17/h8-9,11,13-14H,2-7,10,12H2,1H3,(H,20,22)(H,21,23)/t13-/m1/s1. The van der Waals surface area contributed by atoms with E-state index in [-0.39, 0.29) is 29.2 Å². The van der Waals surface area contributed by atoms with Gasteiger partial charge in [-0.2, -0.15) is 0 Å². The summed E-state index contributed by atoms with van der Waals surface area (Å²) in [6.45, 7) is 1.56. The molecular weight excluding hydrogens is 384 g/mol. The van der Waals surface area contributed by atoms with E-state index in [4.69, 9.17) is 0 Å². The molecule has 2 amide bonds. The molecule has 6 nitrogen and oxygen atoms in total. The van der Waals surface area contributed by atoms with Crippen LogP contribution >= 0.6 is 11.8 Å². The van der Waals surface area contributed by atoms with Gasteiger partial charge in [0, 0.05) is 17.4 Å². The zero-order valence-corrected chi connectivity index (χ0v) is 17.1. The van der Waals surface area contributed by atoms with Crippen molar-refractivity contribution in [2.45, 2.75) is 73.0 Å². The molecule has 1 fully saturated rings. The lowest BCUT2D eigenvalue weighted by molar-refractivity contribution is -0.121. The Morgan fingerprint density at radius 2 is 1.96 bits per heavy atom. The van der Waals surface area contributed by atoms with E-state index in [0.29, 0.717) is 11.4 Å². The van der Waals surface area contributed by atoms with E-state index >= 15 is 0 Å². The normalized spacial score (nSPS) is 19.5. The van der Waals surface area contributed by atoms with Crippen LogP contribution in [0.25, 0.3) is 0 Å². The summed E-state index contributed by atoms with van der Waals surface area (Å²) >= 11 is 1.39. The first-order chi connectivity index (χ1) is 12.9. The molecular formula is C19H26N2O4S2. The second-order valence-corrected chi connectivity index (χ2v) is 10.7. The fourth-order valence-electron chi connectivity index (χ4n) is 3.55. The maximum Gasteiger partial charge on any atom is 0.234 e. The first-order valence-corrected chi connectivity index (χ1v) is 12.0. The third kappa shape index (κ3) is 5.04. The summed E-state index contributed by atoms with van der Waals surface area (Å²) in [5.41, 5.74) is 0.521. The Morgan fingerprint density at radius 1 is 1.26 bits per heavy atom. The van der Waals surface area contributed by atoms with Crippen LogP contribution in [0.15, 0.2) is 28.0 Å². The van der Waals surface area contributed by atoms with Gasteiger partial charge < -0.3 is 10.6 Å². The van der Waals surface area contributed by atoms with E-state index in [0.717, 1.165) is 30.6 Å².